The van der Waals surface area contributed by atoms with E-state index in [-0.39, 0.29) is 19.4 Å². The maximum atomic E-state index is 12.0. The summed E-state index contributed by atoms with van der Waals surface area (Å²) in [5.41, 5.74) is 2.37. The Hall–Kier alpha value is -2.95. The van der Waals surface area contributed by atoms with Crippen molar-refractivity contribution in [1.29, 1.82) is 0 Å². The minimum absolute atomic E-state index is 0.0447. The third-order valence-corrected chi connectivity index (χ3v) is 3.31. The molecule has 0 heterocycles. The van der Waals surface area contributed by atoms with Crippen molar-refractivity contribution in [3.05, 3.63) is 60.2 Å². The minimum atomic E-state index is -0.504. The molecule has 0 aliphatic carbocycles. The quantitative estimate of drug-likeness (QED) is 0.829. The zero-order chi connectivity index (χ0) is 17.4. The molecule has 0 atom stereocenters. The summed E-state index contributed by atoms with van der Waals surface area (Å²) >= 11 is 0. The van der Waals surface area contributed by atoms with Crippen molar-refractivity contribution < 1.29 is 19.1 Å². The zero-order valence-electron chi connectivity index (χ0n) is 13.4. The standard InChI is InChI=1S/C19H18NO4/c1-2-24-18(22)13-12-17(21)20-19(23)16-10-8-15(9-11-16)14-6-4-3-5-7-14/h4-11H,2,12-13H2,1H3,(H,20,21,23). The number of hydrogen-bond acceptors (Lipinski definition) is 4. The molecule has 2 aromatic rings. The molecule has 2 aromatic carbocycles. The normalized spacial score (nSPS) is 10.0. The average molecular weight is 324 g/mol. The molecule has 0 spiro atoms. The molecule has 2 amide bonds. The van der Waals surface area contributed by atoms with E-state index in [0.29, 0.717) is 5.56 Å². The van der Waals surface area contributed by atoms with E-state index in [0.717, 1.165) is 11.1 Å². The van der Waals surface area contributed by atoms with E-state index in [4.69, 9.17) is 4.74 Å². The number of esters is 1. The van der Waals surface area contributed by atoms with Gasteiger partial charge in [0.05, 0.1) is 13.0 Å². The Morgan fingerprint density at radius 1 is 0.958 bits per heavy atom. The number of hydrogen-bond donors (Lipinski definition) is 1. The topological polar surface area (TPSA) is 72.5 Å². The van der Waals surface area contributed by atoms with Crippen LogP contribution < -0.4 is 5.32 Å². The van der Waals surface area contributed by atoms with Crippen LogP contribution in [0.2, 0.25) is 0 Å². The number of carbonyl (C=O) groups is 3. The Labute approximate surface area is 140 Å². The summed E-state index contributed by atoms with van der Waals surface area (Å²) in [4.78, 5) is 34.9. The minimum Gasteiger partial charge on any atom is -0.466 e. The van der Waals surface area contributed by atoms with Gasteiger partial charge in [-0.05, 0) is 36.2 Å². The van der Waals surface area contributed by atoms with Crippen molar-refractivity contribution in [2.24, 2.45) is 0 Å². The van der Waals surface area contributed by atoms with Crippen molar-refractivity contribution in [3.8, 4) is 11.1 Å². The van der Waals surface area contributed by atoms with E-state index in [1.807, 2.05) is 36.4 Å². The summed E-state index contributed by atoms with van der Waals surface area (Å²) in [7, 11) is 0. The SMILES string of the molecule is CCOC(=O)CCC(=O)NC(=O)c1ccc(-c2cc[c]cc2)cc1. The fraction of sp³-hybridized carbons (Fsp3) is 0.211. The summed E-state index contributed by atoms with van der Waals surface area (Å²) in [5, 5.41) is 2.26. The van der Waals surface area contributed by atoms with E-state index in [9.17, 15) is 14.4 Å². The molecule has 0 aliphatic rings. The molecule has 2 rings (SSSR count). The van der Waals surface area contributed by atoms with Gasteiger partial charge in [-0.3, -0.25) is 19.7 Å². The molecule has 5 heteroatoms. The Morgan fingerprint density at radius 3 is 2.21 bits per heavy atom. The van der Waals surface area contributed by atoms with Gasteiger partial charge in [0.25, 0.3) is 5.91 Å². The molecule has 123 valence electrons. The van der Waals surface area contributed by atoms with E-state index in [1.54, 1.807) is 19.1 Å². The van der Waals surface area contributed by atoms with E-state index >= 15 is 0 Å². The van der Waals surface area contributed by atoms with Gasteiger partial charge in [-0.1, -0.05) is 36.4 Å². The van der Waals surface area contributed by atoms with Gasteiger partial charge in [-0.25, -0.2) is 0 Å². The van der Waals surface area contributed by atoms with Crippen LogP contribution in [0, 0.1) is 6.07 Å². The molecule has 0 saturated carbocycles. The number of benzene rings is 2. The molecule has 0 unspecified atom stereocenters. The van der Waals surface area contributed by atoms with Gasteiger partial charge in [0.2, 0.25) is 5.91 Å². The second-order valence-corrected chi connectivity index (χ2v) is 5.05. The molecule has 1 radical (unpaired) electrons. The Balaban J connectivity index is 1.91. The van der Waals surface area contributed by atoms with Gasteiger partial charge in [0.1, 0.15) is 0 Å². The molecule has 0 saturated heterocycles. The fourth-order valence-electron chi connectivity index (χ4n) is 2.10. The second-order valence-electron chi connectivity index (χ2n) is 5.05. The molecule has 0 aromatic heterocycles. The molecule has 0 bridgehead atoms. The van der Waals surface area contributed by atoms with Crippen molar-refractivity contribution in [2.75, 3.05) is 6.61 Å². The van der Waals surface area contributed by atoms with Crippen molar-refractivity contribution in [2.45, 2.75) is 19.8 Å². The number of nitrogens with one attached hydrogen (secondary N) is 1. The summed E-state index contributed by atoms with van der Waals surface area (Å²) in [6.07, 6.45) is -0.125. The zero-order valence-corrected chi connectivity index (χ0v) is 13.4. The molecular formula is C19H18NO4. The average Bonchev–Trinajstić information content (AvgIpc) is 2.61. The Bertz CT molecular complexity index is 708. The smallest absolute Gasteiger partial charge is 0.306 e. The molecule has 5 nitrogen and oxygen atoms in total. The lowest BCUT2D eigenvalue weighted by Crippen LogP contribution is -2.30. The van der Waals surface area contributed by atoms with Crippen LogP contribution in [0.25, 0.3) is 11.1 Å². The molecular weight excluding hydrogens is 306 g/mol. The maximum Gasteiger partial charge on any atom is 0.306 e. The van der Waals surface area contributed by atoms with Crippen molar-refractivity contribution >= 4 is 17.8 Å². The van der Waals surface area contributed by atoms with Gasteiger partial charge < -0.3 is 4.74 Å². The summed E-state index contributed by atoms with van der Waals surface area (Å²) < 4.78 is 4.73. The fourth-order valence-corrected chi connectivity index (χ4v) is 2.10. The first kappa shape index (κ1) is 17.4. The van der Waals surface area contributed by atoms with E-state index < -0.39 is 17.8 Å². The van der Waals surface area contributed by atoms with Gasteiger partial charge >= 0.3 is 5.97 Å². The number of carbonyl (C=O) groups excluding carboxylic acids is 3. The largest absolute Gasteiger partial charge is 0.466 e. The number of rotatable bonds is 6. The number of amides is 2. The van der Waals surface area contributed by atoms with Crippen LogP contribution in [0.4, 0.5) is 0 Å². The number of imide groups is 1. The maximum absolute atomic E-state index is 12.0. The highest BCUT2D eigenvalue weighted by molar-refractivity contribution is 6.05. The van der Waals surface area contributed by atoms with Gasteiger partial charge in [-0.15, -0.1) is 0 Å². The van der Waals surface area contributed by atoms with Crippen LogP contribution in [0.3, 0.4) is 0 Å². The number of ether oxygens (including phenoxy) is 1. The highest BCUT2D eigenvalue weighted by Gasteiger charge is 2.12. The Morgan fingerprint density at radius 2 is 1.58 bits per heavy atom. The van der Waals surface area contributed by atoms with Crippen LogP contribution in [-0.4, -0.2) is 24.4 Å². The van der Waals surface area contributed by atoms with Gasteiger partial charge in [-0.2, -0.15) is 0 Å². The first-order valence-corrected chi connectivity index (χ1v) is 7.66. The third kappa shape index (κ3) is 5.05. The first-order chi connectivity index (χ1) is 11.6. The monoisotopic (exact) mass is 324 g/mol. The molecule has 0 fully saturated rings. The molecule has 0 aliphatic heterocycles. The van der Waals surface area contributed by atoms with Crippen LogP contribution in [0.15, 0.2) is 48.5 Å². The lowest BCUT2D eigenvalue weighted by atomic mass is 10.0. The highest BCUT2D eigenvalue weighted by atomic mass is 16.5. The predicted molar refractivity (Wildman–Crippen MR) is 89.1 cm³/mol. The van der Waals surface area contributed by atoms with Gasteiger partial charge in [0, 0.05) is 12.0 Å². The Kier molecular flexibility index (Phi) is 6.25. The van der Waals surface area contributed by atoms with Crippen molar-refractivity contribution in [1.82, 2.24) is 5.32 Å². The third-order valence-electron chi connectivity index (χ3n) is 3.31. The van der Waals surface area contributed by atoms with Crippen LogP contribution in [0.1, 0.15) is 30.1 Å². The van der Waals surface area contributed by atoms with Crippen molar-refractivity contribution in [3.63, 3.8) is 0 Å². The van der Waals surface area contributed by atoms with E-state index in [1.165, 1.54) is 0 Å². The first-order valence-electron chi connectivity index (χ1n) is 7.66. The van der Waals surface area contributed by atoms with Crippen LogP contribution in [-0.2, 0) is 14.3 Å². The van der Waals surface area contributed by atoms with E-state index in [2.05, 4.69) is 11.4 Å². The molecule has 1 N–H and O–H groups in total. The highest BCUT2D eigenvalue weighted by Crippen LogP contribution is 2.19. The van der Waals surface area contributed by atoms with Crippen LogP contribution in [0.5, 0.6) is 0 Å². The summed E-state index contributed by atoms with van der Waals surface area (Å²) in [6, 6.07) is 17.4. The second kappa shape index (κ2) is 8.62. The lowest BCUT2D eigenvalue weighted by Gasteiger charge is -2.06. The molecule has 24 heavy (non-hydrogen) atoms. The lowest BCUT2D eigenvalue weighted by molar-refractivity contribution is -0.144. The summed E-state index contributed by atoms with van der Waals surface area (Å²) in [5.74, 6) is -1.45. The predicted octanol–water partition coefficient (Wildman–Crippen LogP) is 2.75. The van der Waals surface area contributed by atoms with Gasteiger partial charge in [0.15, 0.2) is 0 Å². The summed E-state index contributed by atoms with van der Waals surface area (Å²) in [6.45, 7) is 1.96. The van der Waals surface area contributed by atoms with Crippen LogP contribution >= 0.6 is 0 Å².